The number of aryl methyl sites for hydroxylation is 1. The zero-order valence-corrected chi connectivity index (χ0v) is 35.7. The standard InChI is InChI=1S/C43H65N5O9/c1-12-34-43(8)37(48(41(52)57-43)19-14-13-18-47-24-32(45-25-47)31-16-15-17-44-23-31)30(6)35(49)28(4)22-42(7,53-11)38(26(2)20-27(3)39(51)55-34)56-40-36(50)33(46(9)10)21-29(5)54-40/h15-17,20,23-26,28-30,33-34,36-38,40,50H,12-14,18-19,21-22H2,1-11H3/b27-20-/t26-,28+,29+,30+,33-,34+,36+,37-,38+,40-,42+,43+/m0/s1. The lowest BCUT2D eigenvalue weighted by atomic mass is 9.74. The predicted octanol–water partition coefficient (Wildman–Crippen LogP) is 5.67. The minimum Gasteiger partial charge on any atom is -0.455 e. The van der Waals surface area contributed by atoms with E-state index < -0.39 is 71.7 Å². The van der Waals surface area contributed by atoms with E-state index in [0.717, 1.165) is 17.7 Å². The lowest BCUT2D eigenvalue weighted by Crippen LogP contribution is -2.59. The smallest absolute Gasteiger partial charge is 0.410 e. The molecule has 1 amide bonds. The topological polar surface area (TPSA) is 155 Å². The zero-order chi connectivity index (χ0) is 41.8. The molecule has 3 aliphatic rings. The zero-order valence-electron chi connectivity index (χ0n) is 35.7. The molecule has 0 spiro atoms. The fraction of sp³-hybridized carbons (Fsp3) is 0.698. The summed E-state index contributed by atoms with van der Waals surface area (Å²) >= 11 is 0. The maximum atomic E-state index is 14.7. The Morgan fingerprint density at radius 1 is 1.09 bits per heavy atom. The van der Waals surface area contributed by atoms with Gasteiger partial charge in [0.15, 0.2) is 11.9 Å². The highest BCUT2D eigenvalue weighted by Gasteiger charge is 2.60. The molecule has 0 aliphatic carbocycles. The van der Waals surface area contributed by atoms with Gasteiger partial charge in [0, 0.05) is 73.7 Å². The number of unbranched alkanes of at least 4 members (excludes halogenated alkanes) is 1. The molecule has 0 saturated carbocycles. The van der Waals surface area contributed by atoms with E-state index in [4.69, 9.17) is 23.7 Å². The maximum Gasteiger partial charge on any atom is 0.410 e. The van der Waals surface area contributed by atoms with Gasteiger partial charge < -0.3 is 43.2 Å². The molecule has 316 valence electrons. The molecule has 14 heteroatoms. The average Bonchev–Trinajstić information content (AvgIpc) is 3.75. The van der Waals surface area contributed by atoms with Crippen molar-refractivity contribution in [1.29, 1.82) is 0 Å². The van der Waals surface area contributed by atoms with Gasteiger partial charge in [-0.05, 0) is 86.0 Å². The number of esters is 1. The summed E-state index contributed by atoms with van der Waals surface area (Å²) in [7, 11) is 5.41. The number of aliphatic hydroxyl groups is 1. The molecule has 12 atom stereocenters. The van der Waals surface area contributed by atoms with Gasteiger partial charge in [-0.25, -0.2) is 14.6 Å². The number of nitrogens with zero attached hydrogens (tertiary/aromatic N) is 5. The number of carbonyl (C=O) groups is 3. The van der Waals surface area contributed by atoms with Crippen molar-refractivity contribution in [2.75, 3.05) is 27.7 Å². The molecule has 57 heavy (non-hydrogen) atoms. The second kappa shape index (κ2) is 18.5. The van der Waals surface area contributed by atoms with E-state index in [2.05, 4.69) is 9.97 Å². The van der Waals surface area contributed by atoms with Gasteiger partial charge in [0.2, 0.25) is 0 Å². The van der Waals surface area contributed by atoms with Crippen LogP contribution in [0, 0.1) is 17.8 Å². The largest absolute Gasteiger partial charge is 0.455 e. The fourth-order valence-corrected chi connectivity index (χ4v) is 9.33. The Balaban J connectivity index is 1.42. The number of aliphatic hydroxyl groups excluding tert-OH is 1. The summed E-state index contributed by atoms with van der Waals surface area (Å²) in [6.45, 7) is 15.9. The fourth-order valence-electron chi connectivity index (χ4n) is 9.33. The van der Waals surface area contributed by atoms with E-state index in [1.165, 1.54) is 0 Å². The van der Waals surface area contributed by atoms with Crippen LogP contribution < -0.4 is 0 Å². The second-order valence-corrected chi connectivity index (χ2v) is 17.1. The number of pyridine rings is 1. The van der Waals surface area contributed by atoms with Crippen LogP contribution in [0.4, 0.5) is 4.79 Å². The number of Topliss-reactive ketones (excluding diaryl/α,β-unsaturated/α-hetero) is 1. The van der Waals surface area contributed by atoms with E-state index in [0.29, 0.717) is 37.9 Å². The third kappa shape index (κ3) is 9.62. The Hall–Kier alpha value is -3.69. The quantitative estimate of drug-likeness (QED) is 0.220. The van der Waals surface area contributed by atoms with E-state index in [9.17, 15) is 19.5 Å². The number of rotatable bonds is 11. The molecular weight excluding hydrogens is 730 g/mol. The molecule has 14 nitrogen and oxygen atoms in total. The maximum absolute atomic E-state index is 14.7. The van der Waals surface area contributed by atoms with Crippen LogP contribution >= 0.6 is 0 Å². The Labute approximate surface area is 338 Å². The minimum absolute atomic E-state index is 0.0780. The molecule has 0 radical (unpaired) electrons. The molecule has 0 bridgehead atoms. The lowest BCUT2D eigenvalue weighted by molar-refractivity contribution is -0.294. The summed E-state index contributed by atoms with van der Waals surface area (Å²) in [5.41, 5.74) is -0.267. The Kier molecular flexibility index (Phi) is 14.4. The number of fused-ring (bicyclic) bond motifs is 1. The molecule has 2 saturated heterocycles. The number of methoxy groups -OCH3 is 1. The van der Waals surface area contributed by atoms with Gasteiger partial charge in [0.25, 0.3) is 0 Å². The van der Waals surface area contributed by atoms with Crippen LogP contribution in [-0.4, -0.2) is 129 Å². The molecule has 0 aromatic carbocycles. The number of imidazole rings is 1. The normalized spacial score (nSPS) is 36.6. The number of hydrogen-bond acceptors (Lipinski definition) is 12. The van der Waals surface area contributed by atoms with Crippen molar-refractivity contribution in [3.8, 4) is 11.3 Å². The molecule has 0 unspecified atom stereocenters. The van der Waals surface area contributed by atoms with Crippen molar-refractivity contribution in [2.24, 2.45) is 17.8 Å². The third-order valence-electron chi connectivity index (χ3n) is 12.4. The van der Waals surface area contributed by atoms with Gasteiger partial charge in [-0.1, -0.05) is 33.8 Å². The van der Waals surface area contributed by atoms with Crippen LogP contribution in [0.25, 0.3) is 11.3 Å². The summed E-state index contributed by atoms with van der Waals surface area (Å²) in [5, 5.41) is 11.4. The van der Waals surface area contributed by atoms with Crippen LogP contribution in [-0.2, 0) is 39.8 Å². The van der Waals surface area contributed by atoms with Crippen molar-refractivity contribution in [2.45, 2.75) is 148 Å². The van der Waals surface area contributed by atoms with E-state index >= 15 is 0 Å². The Morgan fingerprint density at radius 3 is 2.46 bits per heavy atom. The number of ether oxygens (including phenoxy) is 5. The summed E-state index contributed by atoms with van der Waals surface area (Å²) in [4.78, 5) is 54.8. The Morgan fingerprint density at radius 2 is 1.81 bits per heavy atom. The predicted molar refractivity (Wildman–Crippen MR) is 214 cm³/mol. The average molecular weight is 796 g/mol. The first-order valence-electron chi connectivity index (χ1n) is 20.5. The van der Waals surface area contributed by atoms with Crippen molar-refractivity contribution >= 4 is 17.8 Å². The van der Waals surface area contributed by atoms with Gasteiger partial charge in [-0.3, -0.25) is 9.78 Å². The highest BCUT2D eigenvalue weighted by molar-refractivity contribution is 5.88. The van der Waals surface area contributed by atoms with Gasteiger partial charge in [-0.15, -0.1) is 0 Å². The Bertz CT molecular complexity index is 1720. The molecule has 5 heterocycles. The van der Waals surface area contributed by atoms with Crippen LogP contribution in [0.1, 0.15) is 87.5 Å². The van der Waals surface area contributed by atoms with Gasteiger partial charge in [0.05, 0.1) is 35.9 Å². The van der Waals surface area contributed by atoms with Crippen LogP contribution in [0.3, 0.4) is 0 Å². The van der Waals surface area contributed by atoms with Gasteiger partial charge in [0.1, 0.15) is 18.0 Å². The van der Waals surface area contributed by atoms with Gasteiger partial charge in [-0.2, -0.15) is 0 Å². The molecule has 5 rings (SSSR count). The van der Waals surface area contributed by atoms with Crippen molar-refractivity contribution in [3.05, 3.63) is 48.7 Å². The highest BCUT2D eigenvalue weighted by atomic mass is 16.7. The summed E-state index contributed by atoms with van der Waals surface area (Å²) in [5.74, 6) is -2.31. The van der Waals surface area contributed by atoms with Crippen LogP contribution in [0.15, 0.2) is 48.7 Å². The van der Waals surface area contributed by atoms with E-state index in [1.807, 2.05) is 83.4 Å². The molecule has 1 N–H and O–H groups in total. The SMILES string of the molecule is CC[C@H]1OC(=O)/C(C)=C\[C@H](C)[C@@H](O[C@@H]2O[C@H](C)C[C@H](N(C)C)[C@H]2O)[C@](C)(OC)C[C@@H](C)C(=O)[C@@H](C)[C@@H]2N(CCCCn3cnc(-c4cccnc4)c3)C(=O)O[C@@]21C. The summed E-state index contributed by atoms with van der Waals surface area (Å²) in [6, 6.07) is 2.92. The number of ketones is 1. The summed E-state index contributed by atoms with van der Waals surface area (Å²) < 4.78 is 33.6. The first-order valence-corrected chi connectivity index (χ1v) is 20.5. The van der Waals surface area contributed by atoms with Crippen molar-refractivity contribution in [1.82, 2.24) is 24.3 Å². The van der Waals surface area contributed by atoms with Crippen LogP contribution in [0.5, 0.6) is 0 Å². The highest BCUT2D eigenvalue weighted by Crippen LogP contribution is 2.43. The summed E-state index contributed by atoms with van der Waals surface area (Å²) in [6.07, 6.45) is 7.43. The third-order valence-corrected chi connectivity index (χ3v) is 12.4. The second-order valence-electron chi connectivity index (χ2n) is 17.1. The number of likely N-dealkylation sites (N-methyl/N-ethyl adjacent to an activating group) is 1. The van der Waals surface area contributed by atoms with Gasteiger partial charge >= 0.3 is 12.1 Å². The molecule has 2 fully saturated rings. The number of amides is 1. The molecule has 2 aromatic heterocycles. The molecular formula is C43H65N5O9. The van der Waals surface area contributed by atoms with Crippen LogP contribution in [0.2, 0.25) is 0 Å². The molecule has 2 aromatic rings. The number of cyclic esters (lactones) is 1. The first-order chi connectivity index (χ1) is 26.9. The van der Waals surface area contributed by atoms with Crippen molar-refractivity contribution < 1.29 is 43.2 Å². The minimum atomic E-state index is -1.31. The van der Waals surface area contributed by atoms with E-state index in [-0.39, 0.29) is 24.3 Å². The monoisotopic (exact) mass is 795 g/mol. The number of carbonyl (C=O) groups excluding carboxylic acids is 3. The number of hydrogen-bond donors (Lipinski definition) is 1. The van der Waals surface area contributed by atoms with E-state index in [1.54, 1.807) is 50.7 Å². The first kappa shape index (κ1) is 44.4. The number of aromatic nitrogens is 3. The lowest BCUT2D eigenvalue weighted by Gasteiger charge is -2.47. The molecule has 3 aliphatic heterocycles. The van der Waals surface area contributed by atoms with Crippen molar-refractivity contribution in [3.63, 3.8) is 0 Å².